The number of carbonyl (C=O) groups is 1. The van der Waals surface area contributed by atoms with Gasteiger partial charge in [0, 0.05) is 6.54 Å². The average Bonchev–Trinajstić information content (AvgIpc) is 2.51. The number of nitrogens with zero attached hydrogens (tertiary/aromatic N) is 1. The average molecular weight is 385 g/mol. The van der Waals surface area contributed by atoms with Crippen LogP contribution in [0.1, 0.15) is 15.9 Å². The molecule has 0 radical (unpaired) electrons. The van der Waals surface area contributed by atoms with Crippen molar-refractivity contribution in [3.8, 4) is 0 Å². The van der Waals surface area contributed by atoms with Gasteiger partial charge in [-0.05, 0) is 30.7 Å². The van der Waals surface area contributed by atoms with Gasteiger partial charge in [0.25, 0.3) is 5.91 Å². The van der Waals surface area contributed by atoms with Crippen LogP contribution in [-0.4, -0.2) is 33.7 Å². The summed E-state index contributed by atoms with van der Waals surface area (Å²) in [5.74, 6) is -1.43. The van der Waals surface area contributed by atoms with Gasteiger partial charge in [-0.25, -0.2) is 12.8 Å². The van der Waals surface area contributed by atoms with E-state index in [1.54, 1.807) is 31.2 Å². The number of rotatable bonds is 6. The molecule has 2 aromatic rings. The Kier molecular flexibility index (Phi) is 6.02. The van der Waals surface area contributed by atoms with E-state index < -0.39 is 21.7 Å². The molecular formula is C17H18ClFN2O3S. The number of para-hydroxylation sites is 1. The number of hydrogen-bond donors (Lipinski definition) is 1. The summed E-state index contributed by atoms with van der Waals surface area (Å²) in [6, 6.07) is 11.0. The number of hydrogen-bond acceptors (Lipinski definition) is 3. The van der Waals surface area contributed by atoms with Crippen molar-refractivity contribution in [2.24, 2.45) is 0 Å². The molecule has 0 spiro atoms. The van der Waals surface area contributed by atoms with Gasteiger partial charge in [0.15, 0.2) is 0 Å². The van der Waals surface area contributed by atoms with Gasteiger partial charge in [-0.2, -0.15) is 0 Å². The smallest absolute Gasteiger partial charge is 0.255 e. The van der Waals surface area contributed by atoms with Crippen LogP contribution in [0.2, 0.25) is 5.02 Å². The Hall–Kier alpha value is -2.12. The lowest BCUT2D eigenvalue weighted by molar-refractivity contribution is 0.0951. The van der Waals surface area contributed by atoms with Crippen molar-refractivity contribution in [1.82, 2.24) is 5.32 Å². The topological polar surface area (TPSA) is 66.5 Å². The monoisotopic (exact) mass is 384 g/mol. The molecular weight excluding hydrogens is 367 g/mol. The lowest BCUT2D eigenvalue weighted by Crippen LogP contribution is -2.38. The molecule has 0 saturated heterocycles. The number of carbonyl (C=O) groups excluding carboxylic acids is 1. The summed E-state index contributed by atoms with van der Waals surface area (Å²) in [6.45, 7) is 1.82. The number of benzene rings is 2. The highest BCUT2D eigenvalue weighted by atomic mass is 35.5. The second-order valence-corrected chi connectivity index (χ2v) is 7.79. The van der Waals surface area contributed by atoms with Gasteiger partial charge in [0.1, 0.15) is 5.82 Å². The van der Waals surface area contributed by atoms with Crippen molar-refractivity contribution in [2.45, 2.75) is 6.92 Å². The Morgan fingerprint density at radius 3 is 2.48 bits per heavy atom. The first-order valence-electron chi connectivity index (χ1n) is 7.47. The van der Waals surface area contributed by atoms with Crippen molar-refractivity contribution in [2.75, 3.05) is 23.7 Å². The Morgan fingerprint density at radius 1 is 1.20 bits per heavy atom. The van der Waals surface area contributed by atoms with Crippen molar-refractivity contribution < 1.29 is 17.6 Å². The Bertz CT molecular complexity index is 867. The summed E-state index contributed by atoms with van der Waals surface area (Å²) in [7, 11) is -3.54. The van der Waals surface area contributed by atoms with Crippen LogP contribution < -0.4 is 9.62 Å². The van der Waals surface area contributed by atoms with E-state index in [-0.39, 0.29) is 23.7 Å². The number of nitrogens with one attached hydrogen (secondary N) is 1. The molecule has 0 aliphatic rings. The predicted molar refractivity (Wildman–Crippen MR) is 97.1 cm³/mol. The van der Waals surface area contributed by atoms with Gasteiger partial charge in [-0.3, -0.25) is 9.10 Å². The fraction of sp³-hybridized carbons (Fsp3) is 0.235. The molecule has 0 aliphatic carbocycles. The van der Waals surface area contributed by atoms with E-state index in [0.29, 0.717) is 5.69 Å². The van der Waals surface area contributed by atoms with Crippen LogP contribution in [-0.2, 0) is 10.0 Å². The third-order valence-corrected chi connectivity index (χ3v) is 5.07. The van der Waals surface area contributed by atoms with E-state index in [9.17, 15) is 17.6 Å². The molecule has 134 valence electrons. The number of halogens is 2. The second-order valence-electron chi connectivity index (χ2n) is 5.47. The SMILES string of the molecule is Cc1ccccc1N(CCNC(=O)c1c(F)cccc1Cl)S(C)(=O)=O. The minimum absolute atomic E-state index is 0.00336. The summed E-state index contributed by atoms with van der Waals surface area (Å²) in [4.78, 5) is 12.1. The van der Waals surface area contributed by atoms with Gasteiger partial charge >= 0.3 is 0 Å². The molecule has 0 heterocycles. The van der Waals surface area contributed by atoms with Crippen LogP contribution >= 0.6 is 11.6 Å². The largest absolute Gasteiger partial charge is 0.350 e. The van der Waals surface area contributed by atoms with Gasteiger partial charge < -0.3 is 5.32 Å². The van der Waals surface area contributed by atoms with Gasteiger partial charge in [-0.1, -0.05) is 35.9 Å². The number of amides is 1. The minimum atomic E-state index is -3.54. The molecule has 2 rings (SSSR count). The highest BCUT2D eigenvalue weighted by Gasteiger charge is 2.20. The zero-order chi connectivity index (χ0) is 18.6. The van der Waals surface area contributed by atoms with Crippen LogP contribution in [0.3, 0.4) is 0 Å². The van der Waals surface area contributed by atoms with Crippen molar-refractivity contribution in [3.05, 3.63) is 64.4 Å². The molecule has 25 heavy (non-hydrogen) atoms. The highest BCUT2D eigenvalue weighted by molar-refractivity contribution is 7.92. The Labute approximate surface area is 151 Å². The van der Waals surface area contributed by atoms with Gasteiger partial charge in [0.2, 0.25) is 10.0 Å². The van der Waals surface area contributed by atoms with Crippen LogP contribution in [0.25, 0.3) is 0 Å². The van der Waals surface area contributed by atoms with E-state index in [2.05, 4.69) is 5.32 Å². The van der Waals surface area contributed by atoms with Crippen LogP contribution in [0.4, 0.5) is 10.1 Å². The lowest BCUT2D eigenvalue weighted by Gasteiger charge is -2.24. The minimum Gasteiger partial charge on any atom is -0.350 e. The number of aryl methyl sites for hydroxylation is 1. The van der Waals surface area contributed by atoms with Crippen LogP contribution in [0.5, 0.6) is 0 Å². The lowest BCUT2D eigenvalue weighted by atomic mass is 10.2. The van der Waals surface area contributed by atoms with Crippen LogP contribution in [0.15, 0.2) is 42.5 Å². The fourth-order valence-electron chi connectivity index (χ4n) is 2.38. The molecule has 0 bridgehead atoms. The summed E-state index contributed by atoms with van der Waals surface area (Å²) in [6.07, 6.45) is 1.09. The zero-order valence-electron chi connectivity index (χ0n) is 13.8. The maximum atomic E-state index is 13.7. The van der Waals surface area contributed by atoms with Gasteiger partial charge in [0.05, 0.1) is 29.1 Å². The molecule has 0 unspecified atom stereocenters. The standard InChI is InChI=1S/C17H18ClFN2O3S/c1-12-6-3-4-9-15(12)21(25(2,23)24)11-10-20-17(22)16-13(18)7-5-8-14(16)19/h3-9H,10-11H2,1-2H3,(H,20,22). The predicted octanol–water partition coefficient (Wildman–Crippen LogP) is 2.98. The maximum absolute atomic E-state index is 13.7. The fourth-order valence-corrected chi connectivity index (χ4v) is 3.62. The zero-order valence-corrected chi connectivity index (χ0v) is 15.4. The van der Waals surface area contributed by atoms with Crippen molar-refractivity contribution in [1.29, 1.82) is 0 Å². The first-order valence-corrected chi connectivity index (χ1v) is 9.70. The summed E-state index contributed by atoms with van der Waals surface area (Å²) < 4.78 is 39.1. The normalized spacial score (nSPS) is 11.2. The number of sulfonamides is 1. The molecule has 5 nitrogen and oxygen atoms in total. The molecule has 0 aliphatic heterocycles. The summed E-state index contributed by atoms with van der Waals surface area (Å²) >= 11 is 5.85. The Morgan fingerprint density at radius 2 is 1.88 bits per heavy atom. The van der Waals surface area contributed by atoms with Crippen molar-refractivity contribution >= 4 is 33.2 Å². The van der Waals surface area contributed by atoms with E-state index in [4.69, 9.17) is 11.6 Å². The molecule has 2 aromatic carbocycles. The molecule has 0 aromatic heterocycles. The molecule has 0 saturated carbocycles. The molecule has 0 atom stereocenters. The third kappa shape index (κ3) is 4.70. The highest BCUT2D eigenvalue weighted by Crippen LogP contribution is 2.22. The van der Waals surface area contributed by atoms with Crippen molar-refractivity contribution in [3.63, 3.8) is 0 Å². The number of anilines is 1. The van der Waals surface area contributed by atoms with E-state index >= 15 is 0 Å². The maximum Gasteiger partial charge on any atom is 0.255 e. The molecule has 1 amide bonds. The third-order valence-electron chi connectivity index (χ3n) is 3.57. The molecule has 8 heteroatoms. The summed E-state index contributed by atoms with van der Waals surface area (Å²) in [5, 5.41) is 2.50. The van der Waals surface area contributed by atoms with Crippen LogP contribution in [0, 0.1) is 12.7 Å². The van der Waals surface area contributed by atoms with E-state index in [1.807, 2.05) is 0 Å². The van der Waals surface area contributed by atoms with E-state index in [0.717, 1.165) is 17.9 Å². The van der Waals surface area contributed by atoms with Gasteiger partial charge in [-0.15, -0.1) is 0 Å². The Balaban J connectivity index is 2.12. The first kappa shape index (κ1) is 19.2. The second kappa shape index (κ2) is 7.84. The molecule has 1 N–H and O–H groups in total. The summed E-state index contributed by atoms with van der Waals surface area (Å²) in [5.41, 5.74) is 1.06. The van der Waals surface area contributed by atoms with E-state index in [1.165, 1.54) is 16.4 Å². The first-order chi connectivity index (χ1) is 11.7. The molecule has 0 fully saturated rings. The quantitative estimate of drug-likeness (QED) is 0.832.